The van der Waals surface area contributed by atoms with Gasteiger partial charge in [-0.3, -0.25) is 24.7 Å². The van der Waals surface area contributed by atoms with E-state index in [9.17, 15) is 19.7 Å². The fourth-order valence-electron chi connectivity index (χ4n) is 1.88. The van der Waals surface area contributed by atoms with Crippen LogP contribution in [-0.2, 0) is 9.59 Å². The third-order valence-corrected chi connectivity index (χ3v) is 2.68. The minimum atomic E-state index is -1.04. The lowest BCUT2D eigenvalue weighted by atomic mass is 10.1. The molecule has 2 heterocycles. The summed E-state index contributed by atoms with van der Waals surface area (Å²) in [5.41, 5.74) is -0.211. The first kappa shape index (κ1) is 11.1. The first-order valence-corrected chi connectivity index (χ1v) is 5.15. The highest BCUT2D eigenvalue weighted by Gasteiger charge is 2.21. The SMILES string of the molecule is O=C1N=c2cc([N+](=O)[O-])c3ccncc3c2=NC1=O. The molecule has 0 N–H and O–H groups in total. The second-order valence-electron chi connectivity index (χ2n) is 3.78. The molecular weight excluding hydrogens is 252 g/mol. The first-order valence-electron chi connectivity index (χ1n) is 5.15. The summed E-state index contributed by atoms with van der Waals surface area (Å²) in [6.45, 7) is 0. The van der Waals surface area contributed by atoms with E-state index in [1.807, 2.05) is 0 Å². The minimum Gasteiger partial charge on any atom is -0.264 e. The van der Waals surface area contributed by atoms with E-state index in [0.29, 0.717) is 10.8 Å². The number of benzene rings is 1. The van der Waals surface area contributed by atoms with Crippen LogP contribution in [0.4, 0.5) is 5.69 Å². The lowest BCUT2D eigenvalue weighted by Crippen LogP contribution is -2.35. The molecule has 0 radical (unpaired) electrons. The summed E-state index contributed by atoms with van der Waals surface area (Å²) in [7, 11) is 0. The number of amides is 2. The highest BCUT2D eigenvalue weighted by molar-refractivity contribution is 6.36. The first-order chi connectivity index (χ1) is 9.08. The summed E-state index contributed by atoms with van der Waals surface area (Å²) in [6.07, 6.45) is 2.75. The highest BCUT2D eigenvalue weighted by Crippen LogP contribution is 2.20. The lowest BCUT2D eigenvalue weighted by Gasteiger charge is -2.02. The maximum Gasteiger partial charge on any atom is 0.338 e. The molecule has 3 rings (SSSR count). The van der Waals surface area contributed by atoms with E-state index in [1.54, 1.807) is 0 Å². The van der Waals surface area contributed by atoms with E-state index in [-0.39, 0.29) is 16.4 Å². The zero-order valence-electron chi connectivity index (χ0n) is 9.23. The van der Waals surface area contributed by atoms with Crippen LogP contribution in [0.25, 0.3) is 10.8 Å². The Hall–Kier alpha value is -3.03. The largest absolute Gasteiger partial charge is 0.338 e. The molecule has 92 valence electrons. The topological polar surface area (TPSA) is 115 Å². The minimum absolute atomic E-state index is 0.0109. The monoisotopic (exact) mass is 256 g/mol. The number of carbonyl (C=O) groups is 2. The van der Waals surface area contributed by atoms with E-state index in [0.717, 1.165) is 6.07 Å². The quantitative estimate of drug-likeness (QED) is 0.385. The van der Waals surface area contributed by atoms with E-state index >= 15 is 0 Å². The summed E-state index contributed by atoms with van der Waals surface area (Å²) >= 11 is 0. The molecule has 8 nitrogen and oxygen atoms in total. The predicted octanol–water partition coefficient (Wildman–Crippen LogP) is -0.551. The van der Waals surface area contributed by atoms with Crippen molar-refractivity contribution in [3.8, 4) is 0 Å². The van der Waals surface area contributed by atoms with Crippen LogP contribution in [0, 0.1) is 10.1 Å². The summed E-state index contributed by atoms with van der Waals surface area (Å²) in [5, 5.41) is 11.8. The van der Waals surface area contributed by atoms with Crippen molar-refractivity contribution < 1.29 is 14.5 Å². The smallest absolute Gasteiger partial charge is 0.264 e. The van der Waals surface area contributed by atoms with Crippen molar-refractivity contribution in [1.82, 2.24) is 4.98 Å². The van der Waals surface area contributed by atoms with E-state index in [2.05, 4.69) is 15.0 Å². The number of pyridine rings is 1. The van der Waals surface area contributed by atoms with Gasteiger partial charge in [0.15, 0.2) is 0 Å². The number of carbonyl (C=O) groups excluding carboxylic acids is 2. The van der Waals surface area contributed by atoms with Crippen LogP contribution in [-0.4, -0.2) is 21.7 Å². The molecule has 0 saturated carbocycles. The molecule has 8 heteroatoms. The van der Waals surface area contributed by atoms with Crippen LogP contribution in [0.1, 0.15) is 0 Å². The van der Waals surface area contributed by atoms with Gasteiger partial charge in [-0.25, -0.2) is 9.98 Å². The number of rotatable bonds is 1. The van der Waals surface area contributed by atoms with Crippen LogP contribution >= 0.6 is 0 Å². The maximum atomic E-state index is 11.3. The molecule has 2 aromatic rings. The van der Waals surface area contributed by atoms with Gasteiger partial charge in [-0.15, -0.1) is 0 Å². The molecular formula is C11H4N4O4. The van der Waals surface area contributed by atoms with Gasteiger partial charge in [-0.05, 0) is 6.07 Å². The zero-order chi connectivity index (χ0) is 13.6. The highest BCUT2D eigenvalue weighted by atomic mass is 16.6. The van der Waals surface area contributed by atoms with Gasteiger partial charge in [-0.2, -0.15) is 0 Å². The second kappa shape index (κ2) is 3.73. The predicted molar refractivity (Wildman–Crippen MR) is 60.7 cm³/mol. The summed E-state index contributed by atoms with van der Waals surface area (Å²) in [5.74, 6) is -2.03. The molecule has 1 aliphatic rings. The van der Waals surface area contributed by atoms with Gasteiger partial charge in [0.2, 0.25) is 0 Å². The van der Waals surface area contributed by atoms with Gasteiger partial charge < -0.3 is 0 Å². The average Bonchev–Trinajstić information content (AvgIpc) is 2.39. The number of nitro benzene ring substituents is 1. The lowest BCUT2D eigenvalue weighted by molar-refractivity contribution is -0.383. The van der Waals surface area contributed by atoms with Crippen molar-refractivity contribution in [2.75, 3.05) is 0 Å². The fraction of sp³-hybridized carbons (Fsp3) is 0. The Morgan fingerprint density at radius 2 is 1.84 bits per heavy atom. The van der Waals surface area contributed by atoms with Crippen LogP contribution < -0.4 is 10.7 Å². The van der Waals surface area contributed by atoms with E-state index in [4.69, 9.17) is 0 Å². The Kier molecular flexibility index (Phi) is 2.18. The van der Waals surface area contributed by atoms with Crippen LogP contribution in [0.15, 0.2) is 34.5 Å². The van der Waals surface area contributed by atoms with Crippen LogP contribution in [0.2, 0.25) is 0 Å². The van der Waals surface area contributed by atoms with Gasteiger partial charge in [-0.1, -0.05) is 0 Å². The van der Waals surface area contributed by atoms with Crippen molar-refractivity contribution in [2.24, 2.45) is 9.98 Å². The van der Waals surface area contributed by atoms with Crippen LogP contribution in [0.3, 0.4) is 0 Å². The Labute approximate surface area is 104 Å². The molecule has 0 aliphatic carbocycles. The molecule has 1 aromatic carbocycles. The number of hydrogen-bond donors (Lipinski definition) is 0. The summed E-state index contributed by atoms with van der Waals surface area (Å²) in [4.78, 5) is 43.8. The normalized spacial score (nSPS) is 13.7. The van der Waals surface area contributed by atoms with Gasteiger partial charge in [0.25, 0.3) is 5.69 Å². The number of nitro groups is 1. The average molecular weight is 256 g/mol. The molecule has 0 atom stereocenters. The summed E-state index contributed by atoms with van der Waals surface area (Å²) in [6, 6.07) is 2.58. The Balaban J connectivity index is 2.60. The van der Waals surface area contributed by atoms with Gasteiger partial charge in [0, 0.05) is 23.8 Å². The standard InChI is InChI=1S/C11H4N4O4/c16-10-11(17)14-9-6-4-12-2-1-5(6)8(15(18)19)3-7(9)13-10/h1-4H. The van der Waals surface area contributed by atoms with E-state index < -0.39 is 16.7 Å². The van der Waals surface area contributed by atoms with Crippen molar-refractivity contribution >= 4 is 28.3 Å². The molecule has 0 spiro atoms. The van der Waals surface area contributed by atoms with E-state index in [1.165, 1.54) is 18.5 Å². The van der Waals surface area contributed by atoms with Gasteiger partial charge >= 0.3 is 11.8 Å². The third-order valence-electron chi connectivity index (χ3n) is 2.68. The number of nitrogens with zero attached hydrogens (tertiary/aromatic N) is 4. The molecule has 2 amide bonds. The summed E-state index contributed by atoms with van der Waals surface area (Å²) < 4.78 is 0. The number of hydrogen-bond acceptors (Lipinski definition) is 5. The molecule has 19 heavy (non-hydrogen) atoms. The van der Waals surface area contributed by atoms with Crippen molar-refractivity contribution in [2.45, 2.75) is 0 Å². The van der Waals surface area contributed by atoms with Crippen molar-refractivity contribution in [1.29, 1.82) is 0 Å². The number of aromatic nitrogens is 1. The number of fused-ring (bicyclic) bond motifs is 3. The molecule has 1 aromatic heterocycles. The van der Waals surface area contributed by atoms with Crippen molar-refractivity contribution in [3.63, 3.8) is 0 Å². The van der Waals surface area contributed by atoms with Gasteiger partial charge in [0.1, 0.15) is 10.7 Å². The third kappa shape index (κ3) is 1.58. The number of non-ortho nitro benzene ring substituents is 1. The molecule has 1 aliphatic heterocycles. The van der Waals surface area contributed by atoms with Crippen molar-refractivity contribution in [3.05, 3.63) is 45.4 Å². The molecule has 0 fully saturated rings. The van der Waals surface area contributed by atoms with Gasteiger partial charge in [0.05, 0.1) is 10.3 Å². The Bertz CT molecular complexity index is 887. The molecule has 0 bridgehead atoms. The van der Waals surface area contributed by atoms with Crippen LogP contribution in [0.5, 0.6) is 0 Å². The zero-order valence-corrected chi connectivity index (χ0v) is 9.23. The maximum absolute atomic E-state index is 11.3. The second-order valence-corrected chi connectivity index (χ2v) is 3.78. The molecule has 0 unspecified atom stereocenters. The Morgan fingerprint density at radius 3 is 2.58 bits per heavy atom. The Morgan fingerprint density at radius 1 is 1.11 bits per heavy atom. The fourth-order valence-corrected chi connectivity index (χ4v) is 1.88. The molecule has 0 saturated heterocycles.